The van der Waals surface area contributed by atoms with Crippen LogP contribution in [0.4, 0.5) is 0 Å². The lowest BCUT2D eigenvalue weighted by Gasteiger charge is -2.55. The van der Waals surface area contributed by atoms with Gasteiger partial charge in [-0.05, 0) is 71.5 Å². The van der Waals surface area contributed by atoms with E-state index in [0.29, 0.717) is 16.7 Å². The summed E-state index contributed by atoms with van der Waals surface area (Å²) in [4.78, 5) is 11.5. The van der Waals surface area contributed by atoms with Gasteiger partial charge in [-0.3, -0.25) is 0 Å². The first-order valence-electron chi connectivity index (χ1n) is 10.0. The standard InChI is InChI=1S/C22H38O/c1-8-14-9-13(12-23)10-15-16-11-17(18(14)15)20(22(5,6)7)19(16)21(2,3)4/h12-20H,8-11H2,1-7H3. The van der Waals surface area contributed by atoms with Gasteiger partial charge in [0.2, 0.25) is 0 Å². The Hall–Kier alpha value is -0.330. The zero-order chi connectivity index (χ0) is 17.2. The van der Waals surface area contributed by atoms with E-state index in [1.807, 2.05) is 0 Å². The molecule has 1 heteroatoms. The van der Waals surface area contributed by atoms with Crippen LogP contribution in [0.25, 0.3) is 0 Å². The van der Waals surface area contributed by atoms with E-state index in [1.54, 1.807) is 0 Å². The average molecular weight is 319 g/mol. The summed E-state index contributed by atoms with van der Waals surface area (Å²) in [5.74, 6) is 6.34. The highest BCUT2D eigenvalue weighted by atomic mass is 16.1. The minimum atomic E-state index is 0.342. The number of carbonyl (C=O) groups is 1. The molecular formula is C22H38O. The smallest absolute Gasteiger partial charge is 0.123 e. The summed E-state index contributed by atoms with van der Waals surface area (Å²) in [7, 11) is 0. The lowest BCUT2D eigenvalue weighted by molar-refractivity contribution is -0.117. The molecule has 0 aliphatic heterocycles. The molecule has 0 aromatic heterocycles. The van der Waals surface area contributed by atoms with E-state index in [-0.39, 0.29) is 0 Å². The van der Waals surface area contributed by atoms with E-state index in [9.17, 15) is 4.79 Å². The lowest BCUT2D eigenvalue weighted by atomic mass is 9.50. The van der Waals surface area contributed by atoms with Crippen molar-refractivity contribution in [2.75, 3.05) is 0 Å². The van der Waals surface area contributed by atoms with E-state index < -0.39 is 0 Å². The fourth-order valence-electron chi connectivity index (χ4n) is 7.52. The third kappa shape index (κ3) is 2.71. The van der Waals surface area contributed by atoms with Gasteiger partial charge in [-0.1, -0.05) is 54.9 Å². The second kappa shape index (κ2) is 5.60. The van der Waals surface area contributed by atoms with E-state index in [1.165, 1.54) is 32.0 Å². The zero-order valence-corrected chi connectivity index (χ0v) is 16.4. The van der Waals surface area contributed by atoms with Crippen LogP contribution < -0.4 is 0 Å². The van der Waals surface area contributed by atoms with Crippen LogP contribution in [0.5, 0.6) is 0 Å². The summed E-state index contributed by atoms with van der Waals surface area (Å²) in [5, 5.41) is 0. The predicted octanol–water partition coefficient (Wildman–Crippen LogP) is 5.83. The Labute approximate surface area is 144 Å². The van der Waals surface area contributed by atoms with Gasteiger partial charge in [0.1, 0.15) is 6.29 Å². The van der Waals surface area contributed by atoms with E-state index in [4.69, 9.17) is 0 Å². The molecule has 3 aliphatic rings. The van der Waals surface area contributed by atoms with Crippen molar-refractivity contribution in [3.8, 4) is 0 Å². The summed E-state index contributed by atoms with van der Waals surface area (Å²) in [5.41, 5.74) is 0.792. The lowest BCUT2D eigenvalue weighted by Crippen LogP contribution is -2.49. The SMILES string of the molecule is CCC1CC(C=O)CC2C3CC(C12)C(C(C)(C)C)C3C(C)(C)C. The molecular weight excluding hydrogens is 280 g/mol. The largest absolute Gasteiger partial charge is 0.303 e. The van der Waals surface area contributed by atoms with Gasteiger partial charge in [0, 0.05) is 5.92 Å². The van der Waals surface area contributed by atoms with Crippen LogP contribution in [-0.2, 0) is 4.79 Å². The van der Waals surface area contributed by atoms with Gasteiger partial charge in [-0.25, -0.2) is 0 Å². The molecule has 0 aromatic rings. The second-order valence-electron chi connectivity index (χ2n) is 11.1. The van der Waals surface area contributed by atoms with Crippen molar-refractivity contribution in [3.63, 3.8) is 0 Å². The van der Waals surface area contributed by atoms with Crippen LogP contribution in [0.1, 0.15) is 74.1 Å². The number of hydrogen-bond donors (Lipinski definition) is 0. The minimum Gasteiger partial charge on any atom is -0.303 e. The first-order chi connectivity index (χ1) is 10.6. The van der Waals surface area contributed by atoms with Crippen molar-refractivity contribution >= 4 is 6.29 Å². The summed E-state index contributed by atoms with van der Waals surface area (Å²) in [6.45, 7) is 17.2. The molecule has 3 saturated carbocycles. The fraction of sp³-hybridized carbons (Fsp3) is 0.955. The molecule has 3 fully saturated rings. The van der Waals surface area contributed by atoms with Gasteiger partial charge in [0.15, 0.2) is 0 Å². The third-order valence-corrected chi connectivity index (χ3v) is 7.83. The molecule has 0 spiro atoms. The molecule has 0 N–H and O–H groups in total. The fourth-order valence-corrected chi connectivity index (χ4v) is 7.52. The molecule has 3 rings (SSSR count). The van der Waals surface area contributed by atoms with Crippen LogP contribution in [0.15, 0.2) is 0 Å². The first-order valence-corrected chi connectivity index (χ1v) is 10.0. The molecule has 132 valence electrons. The van der Waals surface area contributed by atoms with Gasteiger partial charge in [-0.15, -0.1) is 0 Å². The summed E-state index contributed by atoms with van der Waals surface area (Å²) >= 11 is 0. The molecule has 23 heavy (non-hydrogen) atoms. The zero-order valence-electron chi connectivity index (χ0n) is 16.4. The molecule has 1 nitrogen and oxygen atoms in total. The molecule has 0 aromatic carbocycles. The maximum absolute atomic E-state index is 11.5. The number of fused-ring (bicyclic) bond motifs is 5. The molecule has 0 saturated heterocycles. The molecule has 8 unspecified atom stereocenters. The Morgan fingerprint density at radius 3 is 1.87 bits per heavy atom. The van der Waals surface area contributed by atoms with Crippen molar-refractivity contribution in [3.05, 3.63) is 0 Å². The van der Waals surface area contributed by atoms with Crippen LogP contribution >= 0.6 is 0 Å². The van der Waals surface area contributed by atoms with Crippen LogP contribution in [0.3, 0.4) is 0 Å². The number of hydrogen-bond acceptors (Lipinski definition) is 1. The Morgan fingerprint density at radius 2 is 1.39 bits per heavy atom. The molecule has 0 radical (unpaired) electrons. The molecule has 8 atom stereocenters. The predicted molar refractivity (Wildman–Crippen MR) is 97.0 cm³/mol. The van der Waals surface area contributed by atoms with Gasteiger partial charge in [0.25, 0.3) is 0 Å². The van der Waals surface area contributed by atoms with E-state index in [0.717, 1.165) is 41.4 Å². The van der Waals surface area contributed by atoms with Gasteiger partial charge < -0.3 is 4.79 Å². The molecule has 2 bridgehead atoms. The number of aldehydes is 1. The highest BCUT2D eigenvalue weighted by molar-refractivity contribution is 5.54. The van der Waals surface area contributed by atoms with Gasteiger partial charge >= 0.3 is 0 Å². The maximum Gasteiger partial charge on any atom is 0.123 e. The highest BCUT2D eigenvalue weighted by Gasteiger charge is 2.64. The van der Waals surface area contributed by atoms with Crippen molar-refractivity contribution in [2.24, 2.45) is 58.2 Å². The topological polar surface area (TPSA) is 17.1 Å². The van der Waals surface area contributed by atoms with Gasteiger partial charge in [-0.2, -0.15) is 0 Å². The quantitative estimate of drug-likeness (QED) is 0.586. The molecule has 0 amide bonds. The molecule has 0 heterocycles. The molecule has 3 aliphatic carbocycles. The maximum atomic E-state index is 11.5. The van der Waals surface area contributed by atoms with Crippen LogP contribution in [0.2, 0.25) is 0 Å². The second-order valence-corrected chi connectivity index (χ2v) is 11.1. The Kier molecular flexibility index (Phi) is 4.26. The van der Waals surface area contributed by atoms with Crippen LogP contribution in [0, 0.1) is 58.2 Å². The van der Waals surface area contributed by atoms with E-state index in [2.05, 4.69) is 48.5 Å². The average Bonchev–Trinajstić information content (AvgIpc) is 3.01. The van der Waals surface area contributed by atoms with Crippen molar-refractivity contribution in [2.45, 2.75) is 74.1 Å². The first kappa shape index (κ1) is 17.5. The van der Waals surface area contributed by atoms with Crippen molar-refractivity contribution < 1.29 is 4.79 Å². The minimum absolute atomic E-state index is 0.342. The number of carbonyl (C=O) groups excluding carboxylic acids is 1. The Bertz CT molecular complexity index is 452. The normalized spacial score (nSPS) is 46.7. The summed E-state index contributed by atoms with van der Waals surface area (Å²) in [6.07, 6.45) is 6.35. The monoisotopic (exact) mass is 318 g/mol. The highest BCUT2D eigenvalue weighted by Crippen LogP contribution is 2.70. The van der Waals surface area contributed by atoms with E-state index >= 15 is 0 Å². The van der Waals surface area contributed by atoms with Crippen molar-refractivity contribution in [1.82, 2.24) is 0 Å². The van der Waals surface area contributed by atoms with Crippen LogP contribution in [-0.4, -0.2) is 6.29 Å². The van der Waals surface area contributed by atoms with Crippen molar-refractivity contribution in [1.29, 1.82) is 0 Å². The number of rotatable bonds is 2. The third-order valence-electron chi connectivity index (χ3n) is 7.83. The summed E-state index contributed by atoms with van der Waals surface area (Å²) in [6, 6.07) is 0. The Balaban J connectivity index is 1.98. The van der Waals surface area contributed by atoms with Gasteiger partial charge in [0.05, 0.1) is 0 Å². The Morgan fingerprint density at radius 1 is 0.826 bits per heavy atom. The summed E-state index contributed by atoms with van der Waals surface area (Å²) < 4.78 is 0.